The third-order valence-corrected chi connectivity index (χ3v) is 4.19. The van der Waals surface area contributed by atoms with Gasteiger partial charge in [0.05, 0.1) is 11.1 Å². The van der Waals surface area contributed by atoms with Gasteiger partial charge in [-0.05, 0) is 6.92 Å². The van der Waals surface area contributed by atoms with Crippen molar-refractivity contribution in [3.05, 3.63) is 29.6 Å². The van der Waals surface area contributed by atoms with Gasteiger partial charge in [-0.1, -0.05) is 0 Å². The molecule has 0 radical (unpaired) electrons. The van der Waals surface area contributed by atoms with Crippen LogP contribution in [0.25, 0.3) is 0 Å². The smallest absolute Gasteiger partial charge is 0.327 e. The van der Waals surface area contributed by atoms with Crippen molar-refractivity contribution in [2.45, 2.75) is 18.3 Å². The van der Waals surface area contributed by atoms with Gasteiger partial charge in [0.2, 0.25) is 0 Å². The molecule has 2 unspecified atom stereocenters. The summed E-state index contributed by atoms with van der Waals surface area (Å²) < 4.78 is 39.6. The van der Waals surface area contributed by atoms with Gasteiger partial charge in [-0.3, -0.25) is 4.90 Å². The molecule has 114 valence electrons. The van der Waals surface area contributed by atoms with Gasteiger partial charge in [0.1, 0.15) is 11.9 Å². The molecule has 0 bridgehead atoms. The van der Waals surface area contributed by atoms with E-state index < -0.39 is 46.6 Å². The molecule has 5 nitrogen and oxygen atoms in total. The van der Waals surface area contributed by atoms with Crippen LogP contribution < -0.4 is 5.32 Å². The number of anilines is 1. The van der Waals surface area contributed by atoms with Crippen LogP contribution in [-0.2, 0) is 4.79 Å². The Balaban J connectivity index is 2.23. The molecule has 1 heterocycles. The Bertz CT molecular complexity index is 599. The second-order valence-electron chi connectivity index (χ2n) is 4.37. The highest BCUT2D eigenvalue weighted by atomic mass is 32.2. The molecule has 1 aliphatic heterocycles. The fourth-order valence-corrected chi connectivity index (χ4v) is 3.14. The van der Waals surface area contributed by atoms with Crippen LogP contribution in [0.3, 0.4) is 0 Å². The van der Waals surface area contributed by atoms with Crippen molar-refractivity contribution in [3.63, 3.8) is 0 Å². The number of amides is 2. The van der Waals surface area contributed by atoms with Crippen LogP contribution in [0.4, 0.5) is 23.7 Å². The highest BCUT2D eigenvalue weighted by Gasteiger charge is 2.39. The number of thioether (sulfide) groups is 1. The average molecular weight is 320 g/mol. The molecule has 0 aromatic heterocycles. The lowest BCUT2D eigenvalue weighted by atomic mass is 10.2. The summed E-state index contributed by atoms with van der Waals surface area (Å²) in [4.78, 5) is 24.1. The third kappa shape index (κ3) is 3.07. The molecule has 2 rings (SSSR count). The molecule has 2 N–H and O–H groups in total. The Morgan fingerprint density at radius 3 is 2.67 bits per heavy atom. The minimum absolute atomic E-state index is 0.184. The van der Waals surface area contributed by atoms with Crippen molar-refractivity contribution >= 4 is 29.4 Å². The average Bonchev–Trinajstić information content (AvgIpc) is 2.77. The SMILES string of the molecule is CC1SCC(C(=O)O)N1C(=O)Nc1cc(F)cc(F)c1F. The number of urea groups is 1. The van der Waals surface area contributed by atoms with Crippen LogP contribution >= 0.6 is 11.8 Å². The minimum atomic E-state index is -1.44. The zero-order valence-corrected chi connectivity index (χ0v) is 11.6. The quantitative estimate of drug-likeness (QED) is 0.822. The Labute approximate surface area is 122 Å². The van der Waals surface area contributed by atoms with Gasteiger partial charge >= 0.3 is 12.0 Å². The van der Waals surface area contributed by atoms with Crippen molar-refractivity contribution in [1.82, 2.24) is 4.90 Å². The van der Waals surface area contributed by atoms with Gasteiger partial charge in [0.25, 0.3) is 0 Å². The number of rotatable bonds is 2. The van der Waals surface area contributed by atoms with Crippen molar-refractivity contribution in [2.24, 2.45) is 0 Å². The molecule has 0 aliphatic carbocycles. The van der Waals surface area contributed by atoms with Crippen LogP contribution in [0.5, 0.6) is 0 Å². The molecule has 0 saturated carbocycles. The van der Waals surface area contributed by atoms with Crippen LogP contribution in [0, 0.1) is 17.5 Å². The van der Waals surface area contributed by atoms with E-state index in [2.05, 4.69) is 0 Å². The summed E-state index contributed by atoms with van der Waals surface area (Å²) in [7, 11) is 0. The maximum absolute atomic E-state index is 13.5. The van der Waals surface area contributed by atoms with Crippen molar-refractivity contribution in [3.8, 4) is 0 Å². The topological polar surface area (TPSA) is 69.6 Å². The number of carbonyl (C=O) groups excluding carboxylic acids is 1. The number of nitrogens with one attached hydrogen (secondary N) is 1. The normalized spacial score (nSPS) is 21.4. The monoisotopic (exact) mass is 320 g/mol. The van der Waals surface area contributed by atoms with Crippen LogP contribution in [0.15, 0.2) is 12.1 Å². The summed E-state index contributed by atoms with van der Waals surface area (Å²) in [5, 5.41) is 10.6. The number of hydrogen-bond acceptors (Lipinski definition) is 3. The minimum Gasteiger partial charge on any atom is -0.480 e. The van der Waals surface area contributed by atoms with E-state index >= 15 is 0 Å². The van der Waals surface area contributed by atoms with Crippen molar-refractivity contribution < 1.29 is 27.9 Å². The van der Waals surface area contributed by atoms with E-state index in [4.69, 9.17) is 5.11 Å². The maximum Gasteiger partial charge on any atom is 0.327 e. The van der Waals surface area contributed by atoms with E-state index in [0.717, 1.165) is 4.90 Å². The lowest BCUT2D eigenvalue weighted by molar-refractivity contribution is -0.141. The van der Waals surface area contributed by atoms with Crippen molar-refractivity contribution in [2.75, 3.05) is 11.1 Å². The van der Waals surface area contributed by atoms with E-state index in [0.29, 0.717) is 12.1 Å². The lowest BCUT2D eigenvalue weighted by Crippen LogP contribution is -2.46. The van der Waals surface area contributed by atoms with Gasteiger partial charge in [0.15, 0.2) is 11.6 Å². The predicted octanol–water partition coefficient (Wildman–Crippen LogP) is 2.48. The molecule has 1 aromatic rings. The molecule has 0 spiro atoms. The number of carboxylic acids is 1. The Morgan fingerprint density at radius 1 is 1.38 bits per heavy atom. The molecular weight excluding hydrogens is 309 g/mol. The Hall–Kier alpha value is -1.90. The Kier molecular flexibility index (Phi) is 4.31. The van der Waals surface area contributed by atoms with E-state index in [1.54, 1.807) is 6.92 Å². The molecule has 1 aliphatic rings. The first-order chi connectivity index (χ1) is 9.81. The molecular formula is C12H11F3N2O3S. The lowest BCUT2D eigenvalue weighted by Gasteiger charge is -2.25. The molecule has 1 fully saturated rings. The molecule has 2 atom stereocenters. The number of carboxylic acid groups (broad SMARTS) is 1. The third-order valence-electron chi connectivity index (χ3n) is 2.98. The zero-order chi connectivity index (χ0) is 15.7. The maximum atomic E-state index is 13.5. The molecule has 1 aromatic carbocycles. The summed E-state index contributed by atoms with van der Waals surface area (Å²) in [5.41, 5.74) is -0.675. The summed E-state index contributed by atoms with van der Waals surface area (Å²) in [5.74, 6) is -4.92. The Morgan fingerprint density at radius 2 is 2.05 bits per heavy atom. The summed E-state index contributed by atoms with van der Waals surface area (Å²) in [6, 6.07) is -1.03. The van der Waals surface area contributed by atoms with Gasteiger partial charge < -0.3 is 10.4 Å². The summed E-state index contributed by atoms with van der Waals surface area (Å²) in [6.45, 7) is 1.61. The highest BCUT2D eigenvalue weighted by molar-refractivity contribution is 8.00. The molecule has 2 amide bonds. The first-order valence-electron chi connectivity index (χ1n) is 5.89. The fraction of sp³-hybridized carbons (Fsp3) is 0.333. The summed E-state index contributed by atoms with van der Waals surface area (Å²) >= 11 is 1.23. The zero-order valence-electron chi connectivity index (χ0n) is 10.8. The van der Waals surface area contributed by atoms with E-state index in [1.165, 1.54) is 11.8 Å². The summed E-state index contributed by atoms with van der Waals surface area (Å²) in [6.07, 6.45) is 0. The number of carbonyl (C=O) groups is 2. The van der Waals surface area contributed by atoms with Crippen LogP contribution in [0.1, 0.15) is 6.92 Å². The molecule has 9 heteroatoms. The van der Waals surface area contributed by atoms with E-state index in [-0.39, 0.29) is 5.75 Å². The van der Waals surface area contributed by atoms with Crippen molar-refractivity contribution in [1.29, 1.82) is 0 Å². The first kappa shape index (κ1) is 15.5. The predicted molar refractivity (Wildman–Crippen MR) is 70.5 cm³/mol. The number of halogens is 3. The standard InChI is InChI=1S/C12H11F3N2O3S/c1-5-17(9(4-21-5)11(18)19)12(20)16-8-3-6(13)2-7(14)10(8)15/h2-3,5,9H,4H2,1H3,(H,16,20)(H,18,19). The largest absolute Gasteiger partial charge is 0.480 e. The number of aliphatic carboxylic acids is 1. The first-order valence-corrected chi connectivity index (χ1v) is 6.94. The van der Waals surface area contributed by atoms with Gasteiger partial charge in [-0.15, -0.1) is 11.8 Å². The second-order valence-corrected chi connectivity index (χ2v) is 5.72. The highest BCUT2D eigenvalue weighted by Crippen LogP contribution is 2.30. The number of hydrogen-bond donors (Lipinski definition) is 2. The van der Waals surface area contributed by atoms with E-state index in [9.17, 15) is 22.8 Å². The van der Waals surface area contributed by atoms with Gasteiger partial charge in [-0.25, -0.2) is 22.8 Å². The van der Waals surface area contributed by atoms with Gasteiger partial charge in [0, 0.05) is 17.9 Å². The van der Waals surface area contributed by atoms with Gasteiger partial charge in [-0.2, -0.15) is 0 Å². The second kappa shape index (κ2) is 5.84. The van der Waals surface area contributed by atoms with Crippen LogP contribution in [-0.4, -0.2) is 39.2 Å². The molecule has 21 heavy (non-hydrogen) atoms. The van der Waals surface area contributed by atoms with Crippen LogP contribution in [0.2, 0.25) is 0 Å². The number of benzene rings is 1. The fourth-order valence-electron chi connectivity index (χ4n) is 1.97. The number of nitrogens with zero attached hydrogens (tertiary/aromatic N) is 1. The molecule has 1 saturated heterocycles. The van der Waals surface area contributed by atoms with E-state index in [1.807, 2.05) is 5.32 Å².